The van der Waals surface area contributed by atoms with Crippen LogP contribution in [0.4, 0.5) is 0 Å². The summed E-state index contributed by atoms with van der Waals surface area (Å²) in [4.78, 5) is 6.03. The van der Waals surface area contributed by atoms with Crippen LogP contribution in [-0.2, 0) is 0 Å². The zero-order valence-corrected chi connectivity index (χ0v) is 18.7. The van der Waals surface area contributed by atoms with E-state index in [1.165, 1.54) is 106 Å². The molecule has 1 heterocycles. The molecule has 1 aromatic heterocycles. The van der Waals surface area contributed by atoms with Gasteiger partial charge in [0.25, 0.3) is 0 Å². The lowest BCUT2D eigenvalue weighted by atomic mass is 9.49. The van der Waals surface area contributed by atoms with Crippen molar-refractivity contribution in [2.24, 2.45) is 0 Å². The Hall–Kier alpha value is -0.825. The number of hydrogen-bond acceptors (Lipinski definition) is 2. The molecule has 3 heteroatoms. The maximum absolute atomic E-state index is 4.84. The first-order chi connectivity index (χ1) is 13.8. The van der Waals surface area contributed by atoms with Crippen molar-refractivity contribution in [1.82, 2.24) is 4.98 Å². The van der Waals surface area contributed by atoms with Gasteiger partial charge in [-0.3, -0.25) is 0 Å². The van der Waals surface area contributed by atoms with Crippen molar-refractivity contribution in [1.29, 1.82) is 0 Å². The zero-order valence-electron chi connectivity index (χ0n) is 17.8. The third kappa shape index (κ3) is 6.61. The van der Waals surface area contributed by atoms with Gasteiger partial charge in [0.15, 0.2) is 0 Å². The number of rotatable bonds is 5. The second-order valence-corrected chi connectivity index (χ2v) is 10.1. The Balaban J connectivity index is 1.47. The largest absolute Gasteiger partial charge is 0.241 e. The summed E-state index contributed by atoms with van der Waals surface area (Å²) in [7, 11) is 2.79. The van der Waals surface area contributed by atoms with E-state index in [1.54, 1.807) is 0 Å². The van der Waals surface area contributed by atoms with E-state index in [9.17, 15) is 0 Å². The summed E-state index contributed by atoms with van der Waals surface area (Å²) < 4.78 is 0. The van der Waals surface area contributed by atoms with Crippen LogP contribution in [0.5, 0.6) is 0 Å². The predicted molar refractivity (Wildman–Crippen MR) is 128 cm³/mol. The van der Waals surface area contributed by atoms with Gasteiger partial charge in [-0.2, -0.15) is 0 Å². The molecule has 1 aromatic rings. The first-order valence-electron chi connectivity index (χ1n) is 11.9. The molecule has 3 rings (SSSR count). The molecular weight excluding hydrogens is 357 g/mol. The second kappa shape index (κ2) is 12.0. The standard InChI is InChI=1S/C25H39BNS/c1-3-23-24(4-2)28-25(27-23)20-16-18-22(19-17-20)26-21-14-12-10-8-6-5-7-9-11-13-15-21/h3-4,20-22H,1-2,5-19H2. The van der Waals surface area contributed by atoms with Gasteiger partial charge in [-0.15, -0.1) is 11.3 Å². The average molecular weight is 396 g/mol. The van der Waals surface area contributed by atoms with Crippen molar-refractivity contribution in [2.75, 3.05) is 0 Å². The molecule has 0 saturated heterocycles. The zero-order chi connectivity index (χ0) is 19.6. The summed E-state index contributed by atoms with van der Waals surface area (Å²) in [5.74, 6) is 2.37. The van der Waals surface area contributed by atoms with Gasteiger partial charge in [0.2, 0.25) is 0 Å². The molecule has 2 aliphatic rings. The highest BCUT2D eigenvalue weighted by Crippen LogP contribution is 2.42. The lowest BCUT2D eigenvalue weighted by Crippen LogP contribution is -2.18. The Morgan fingerprint density at radius 1 is 0.714 bits per heavy atom. The summed E-state index contributed by atoms with van der Waals surface area (Å²) in [5.41, 5.74) is 1.02. The van der Waals surface area contributed by atoms with Crippen LogP contribution in [0.1, 0.15) is 118 Å². The Kier molecular flexibility index (Phi) is 9.38. The van der Waals surface area contributed by atoms with Crippen LogP contribution in [0.3, 0.4) is 0 Å². The minimum Gasteiger partial charge on any atom is -0.241 e. The highest BCUT2D eigenvalue weighted by molar-refractivity contribution is 7.12. The first-order valence-corrected chi connectivity index (χ1v) is 12.7. The quantitative estimate of drug-likeness (QED) is 0.454. The third-order valence-corrected chi connectivity index (χ3v) is 8.12. The van der Waals surface area contributed by atoms with Gasteiger partial charge in [-0.25, -0.2) is 4.98 Å². The Bertz CT molecular complexity index is 562. The molecule has 1 radical (unpaired) electrons. The smallest absolute Gasteiger partial charge is 0.117 e. The normalized spacial score (nSPS) is 26.0. The maximum Gasteiger partial charge on any atom is 0.117 e. The molecule has 2 saturated carbocycles. The number of aromatic nitrogens is 1. The van der Waals surface area contributed by atoms with Gasteiger partial charge >= 0.3 is 0 Å². The molecule has 0 aromatic carbocycles. The van der Waals surface area contributed by atoms with Crippen molar-refractivity contribution in [2.45, 2.75) is 114 Å². The van der Waals surface area contributed by atoms with Gasteiger partial charge < -0.3 is 0 Å². The van der Waals surface area contributed by atoms with Gasteiger partial charge in [0.05, 0.1) is 15.6 Å². The molecule has 28 heavy (non-hydrogen) atoms. The molecule has 2 fully saturated rings. The van der Waals surface area contributed by atoms with Crippen LogP contribution >= 0.6 is 11.3 Å². The molecule has 0 spiro atoms. The van der Waals surface area contributed by atoms with Gasteiger partial charge in [0.1, 0.15) is 7.28 Å². The number of hydrogen-bond donors (Lipinski definition) is 0. The second-order valence-electron chi connectivity index (χ2n) is 9.03. The fourth-order valence-electron chi connectivity index (χ4n) is 5.16. The maximum atomic E-state index is 4.84. The highest BCUT2D eigenvalue weighted by atomic mass is 32.1. The van der Waals surface area contributed by atoms with E-state index >= 15 is 0 Å². The molecule has 0 bridgehead atoms. The molecule has 0 N–H and O–H groups in total. The topological polar surface area (TPSA) is 12.9 Å². The van der Waals surface area contributed by atoms with E-state index < -0.39 is 0 Å². The Morgan fingerprint density at radius 3 is 1.75 bits per heavy atom. The van der Waals surface area contributed by atoms with E-state index in [2.05, 4.69) is 20.4 Å². The van der Waals surface area contributed by atoms with E-state index in [1.807, 2.05) is 23.5 Å². The minimum atomic E-state index is 0.651. The summed E-state index contributed by atoms with van der Waals surface area (Å²) in [6, 6.07) is 0. The van der Waals surface area contributed by atoms with Crippen molar-refractivity contribution in [3.63, 3.8) is 0 Å². The summed E-state index contributed by atoms with van der Waals surface area (Å²) in [5, 5.41) is 1.31. The van der Waals surface area contributed by atoms with Crippen LogP contribution in [0.15, 0.2) is 13.2 Å². The molecule has 0 aliphatic heterocycles. The molecular formula is C25H39BNS. The van der Waals surface area contributed by atoms with Crippen molar-refractivity contribution in [3.05, 3.63) is 28.7 Å². The minimum absolute atomic E-state index is 0.651. The predicted octanol–water partition coefficient (Wildman–Crippen LogP) is 8.67. The van der Waals surface area contributed by atoms with E-state index in [-0.39, 0.29) is 0 Å². The van der Waals surface area contributed by atoms with Crippen LogP contribution < -0.4 is 0 Å². The lowest BCUT2D eigenvalue weighted by Gasteiger charge is -2.30. The number of nitrogens with zero attached hydrogens (tertiary/aromatic N) is 1. The van der Waals surface area contributed by atoms with Gasteiger partial charge in [0, 0.05) is 5.92 Å². The Labute approximate surface area is 178 Å². The molecule has 2 aliphatic carbocycles. The van der Waals surface area contributed by atoms with Crippen molar-refractivity contribution in [3.8, 4) is 0 Å². The molecule has 1 nitrogen and oxygen atoms in total. The number of thiazole rings is 1. The van der Waals surface area contributed by atoms with Crippen LogP contribution in [-0.4, -0.2) is 12.3 Å². The molecule has 0 amide bonds. The van der Waals surface area contributed by atoms with Crippen LogP contribution in [0.25, 0.3) is 12.2 Å². The first kappa shape index (κ1) is 21.9. The van der Waals surface area contributed by atoms with Crippen LogP contribution in [0.2, 0.25) is 11.6 Å². The molecule has 153 valence electrons. The third-order valence-electron chi connectivity index (χ3n) is 6.89. The fourth-order valence-corrected chi connectivity index (χ4v) is 6.25. The van der Waals surface area contributed by atoms with E-state index in [4.69, 9.17) is 4.98 Å². The SMILES string of the molecule is C=Cc1nc(C2CCC([B]C3CCCCCCCCCCC3)CC2)sc1C=C. The van der Waals surface area contributed by atoms with Crippen molar-refractivity contribution >= 4 is 30.8 Å². The van der Waals surface area contributed by atoms with Gasteiger partial charge in [-0.1, -0.05) is 108 Å². The van der Waals surface area contributed by atoms with Gasteiger partial charge in [-0.05, 0) is 25.0 Å². The van der Waals surface area contributed by atoms with Crippen molar-refractivity contribution < 1.29 is 0 Å². The highest BCUT2D eigenvalue weighted by Gasteiger charge is 2.27. The van der Waals surface area contributed by atoms with E-state index in [0.717, 1.165) is 17.3 Å². The van der Waals surface area contributed by atoms with Crippen LogP contribution in [0, 0.1) is 0 Å². The fraction of sp³-hybridized carbons (Fsp3) is 0.720. The monoisotopic (exact) mass is 396 g/mol. The van der Waals surface area contributed by atoms with E-state index in [0.29, 0.717) is 5.92 Å². The molecule has 0 unspecified atom stereocenters. The summed E-state index contributed by atoms with van der Waals surface area (Å²) in [6.45, 7) is 7.83. The average Bonchev–Trinajstić information content (AvgIpc) is 3.14. The summed E-state index contributed by atoms with van der Waals surface area (Å²) >= 11 is 1.83. The molecule has 0 atom stereocenters. The Morgan fingerprint density at radius 2 is 1.25 bits per heavy atom. The lowest BCUT2D eigenvalue weighted by molar-refractivity contribution is 0.433. The summed E-state index contributed by atoms with van der Waals surface area (Å²) in [6.07, 6.45) is 25.1.